The Morgan fingerprint density at radius 1 is 1.07 bits per heavy atom. The lowest BCUT2D eigenvalue weighted by Crippen LogP contribution is -2.49. The van der Waals surface area contributed by atoms with Crippen molar-refractivity contribution in [1.29, 1.82) is 0 Å². The lowest BCUT2D eigenvalue weighted by molar-refractivity contribution is -0.140. The van der Waals surface area contributed by atoms with Gasteiger partial charge >= 0.3 is 12.0 Å². The predicted octanol–water partition coefficient (Wildman–Crippen LogP) is 1.74. The molecule has 1 aliphatic heterocycles. The molecule has 3 rings (SSSR count). The van der Waals surface area contributed by atoms with Crippen molar-refractivity contribution in [3.63, 3.8) is 0 Å². The maximum absolute atomic E-state index is 13.0. The zero-order valence-electron chi connectivity index (χ0n) is 16.5. The molecular weight excluding hydrogens is 390 g/mol. The van der Waals surface area contributed by atoms with Gasteiger partial charge in [0.1, 0.15) is 16.9 Å². The lowest BCUT2D eigenvalue weighted by Gasteiger charge is -2.25. The molecule has 1 saturated heterocycles. The van der Waals surface area contributed by atoms with Crippen molar-refractivity contribution < 1.29 is 28.7 Å². The number of carbonyl (C=O) groups excluding carboxylic acids is 4. The van der Waals surface area contributed by atoms with Gasteiger partial charge in [0.15, 0.2) is 6.61 Å². The van der Waals surface area contributed by atoms with E-state index in [4.69, 9.17) is 9.47 Å². The fourth-order valence-corrected chi connectivity index (χ4v) is 3.22. The maximum atomic E-state index is 13.0. The van der Waals surface area contributed by atoms with Gasteiger partial charge in [0.2, 0.25) is 0 Å². The van der Waals surface area contributed by atoms with E-state index in [1.54, 1.807) is 55.5 Å². The number of rotatable bonds is 7. The minimum atomic E-state index is -1.28. The maximum Gasteiger partial charge on any atom is 0.344 e. The van der Waals surface area contributed by atoms with E-state index in [0.717, 1.165) is 0 Å². The Morgan fingerprint density at radius 3 is 2.40 bits per heavy atom. The summed E-state index contributed by atoms with van der Waals surface area (Å²) in [5.74, 6) is -1.92. The Bertz CT molecular complexity index is 978. The minimum absolute atomic E-state index is 0.150. The smallest absolute Gasteiger partial charge is 0.344 e. The van der Waals surface area contributed by atoms with Gasteiger partial charge in [-0.3, -0.25) is 15.0 Å². The standard InChI is InChI=1S/C21H21N3O6/c1-3-21(14-9-5-4-6-10-14)19(27)24(20(28)22-21)23-17(25)13-30-18(26)15-11-7-8-12-16(15)29-2/h4-12H,3,13H2,1-2H3,(H,22,28)(H,23,25)/t21-/m0/s1. The molecule has 4 amide bonds. The number of amides is 4. The van der Waals surface area contributed by atoms with E-state index in [2.05, 4.69) is 10.7 Å². The zero-order chi connectivity index (χ0) is 21.7. The van der Waals surface area contributed by atoms with Crippen LogP contribution in [-0.2, 0) is 19.9 Å². The van der Waals surface area contributed by atoms with Crippen LogP contribution in [0.5, 0.6) is 5.75 Å². The van der Waals surface area contributed by atoms with Crippen molar-refractivity contribution in [2.24, 2.45) is 0 Å². The topological polar surface area (TPSA) is 114 Å². The molecule has 2 aromatic carbocycles. The average molecular weight is 411 g/mol. The molecule has 1 atom stereocenters. The van der Waals surface area contributed by atoms with Gasteiger partial charge < -0.3 is 14.8 Å². The minimum Gasteiger partial charge on any atom is -0.496 e. The van der Waals surface area contributed by atoms with Crippen LogP contribution in [0.4, 0.5) is 4.79 Å². The molecule has 0 saturated carbocycles. The van der Waals surface area contributed by atoms with Gasteiger partial charge in [-0.15, -0.1) is 0 Å². The molecule has 1 aliphatic rings. The number of ether oxygens (including phenoxy) is 2. The van der Waals surface area contributed by atoms with Crippen molar-refractivity contribution in [1.82, 2.24) is 15.8 Å². The number of hydrazine groups is 1. The van der Waals surface area contributed by atoms with Crippen LogP contribution in [0.1, 0.15) is 29.3 Å². The highest BCUT2D eigenvalue weighted by Crippen LogP contribution is 2.31. The molecule has 2 aromatic rings. The highest BCUT2D eigenvalue weighted by molar-refractivity contribution is 6.08. The van der Waals surface area contributed by atoms with E-state index < -0.39 is 36.0 Å². The number of esters is 1. The number of para-hydroxylation sites is 1. The van der Waals surface area contributed by atoms with Crippen LogP contribution in [0, 0.1) is 0 Å². The fourth-order valence-electron chi connectivity index (χ4n) is 3.22. The summed E-state index contributed by atoms with van der Waals surface area (Å²) in [6.45, 7) is 1.07. The molecule has 0 unspecified atom stereocenters. The summed E-state index contributed by atoms with van der Waals surface area (Å²) in [6.07, 6.45) is 0.288. The number of nitrogens with zero attached hydrogens (tertiary/aromatic N) is 1. The zero-order valence-corrected chi connectivity index (χ0v) is 16.5. The van der Waals surface area contributed by atoms with Gasteiger partial charge in [-0.05, 0) is 24.1 Å². The molecule has 0 aromatic heterocycles. The number of benzene rings is 2. The van der Waals surface area contributed by atoms with Gasteiger partial charge in [-0.1, -0.05) is 49.4 Å². The van der Waals surface area contributed by atoms with Gasteiger partial charge in [0, 0.05) is 0 Å². The molecule has 0 radical (unpaired) electrons. The van der Waals surface area contributed by atoms with Crippen molar-refractivity contribution in [3.8, 4) is 5.75 Å². The normalized spacial score (nSPS) is 18.0. The average Bonchev–Trinajstić information content (AvgIpc) is 3.03. The highest BCUT2D eigenvalue weighted by atomic mass is 16.5. The second kappa shape index (κ2) is 8.64. The lowest BCUT2D eigenvalue weighted by atomic mass is 9.87. The van der Waals surface area contributed by atoms with Crippen LogP contribution < -0.4 is 15.5 Å². The number of urea groups is 1. The van der Waals surface area contributed by atoms with Crippen molar-refractivity contribution >= 4 is 23.8 Å². The molecule has 2 N–H and O–H groups in total. The van der Waals surface area contributed by atoms with E-state index in [1.807, 2.05) is 0 Å². The Labute approximate surface area is 172 Å². The molecule has 9 heteroatoms. The van der Waals surface area contributed by atoms with Crippen molar-refractivity contribution in [2.75, 3.05) is 13.7 Å². The molecule has 0 spiro atoms. The monoisotopic (exact) mass is 411 g/mol. The van der Waals surface area contributed by atoms with Gasteiger partial charge in [-0.25, -0.2) is 9.59 Å². The molecular formula is C21H21N3O6. The van der Waals surface area contributed by atoms with E-state index in [1.165, 1.54) is 13.2 Å². The highest BCUT2D eigenvalue weighted by Gasteiger charge is 2.52. The number of hydrogen-bond donors (Lipinski definition) is 2. The first kappa shape index (κ1) is 20.8. The number of methoxy groups -OCH3 is 1. The van der Waals surface area contributed by atoms with Crippen LogP contribution in [0.15, 0.2) is 54.6 Å². The Hall–Kier alpha value is -3.88. The van der Waals surface area contributed by atoms with Crippen molar-refractivity contribution in [3.05, 3.63) is 65.7 Å². The third-order valence-electron chi connectivity index (χ3n) is 4.79. The number of imide groups is 1. The van der Waals surface area contributed by atoms with Crippen molar-refractivity contribution in [2.45, 2.75) is 18.9 Å². The third-order valence-corrected chi connectivity index (χ3v) is 4.79. The number of nitrogens with one attached hydrogen (secondary N) is 2. The van der Waals surface area contributed by atoms with Crippen LogP contribution in [0.25, 0.3) is 0 Å². The molecule has 1 fully saturated rings. The largest absolute Gasteiger partial charge is 0.496 e. The SMILES string of the molecule is CC[C@@]1(c2ccccc2)NC(=O)N(NC(=O)COC(=O)c2ccccc2OC)C1=O. The molecule has 0 bridgehead atoms. The van der Waals surface area contributed by atoms with Gasteiger partial charge in [0.25, 0.3) is 11.8 Å². The van der Waals surface area contributed by atoms with Crippen LogP contribution >= 0.6 is 0 Å². The van der Waals surface area contributed by atoms with Gasteiger partial charge in [-0.2, -0.15) is 5.01 Å². The summed E-state index contributed by atoms with van der Waals surface area (Å²) < 4.78 is 10.1. The van der Waals surface area contributed by atoms with E-state index in [9.17, 15) is 19.2 Å². The first-order valence-corrected chi connectivity index (χ1v) is 9.24. The fraction of sp³-hybridized carbons (Fsp3) is 0.238. The summed E-state index contributed by atoms with van der Waals surface area (Å²) in [6, 6.07) is 14.4. The van der Waals surface area contributed by atoms with E-state index >= 15 is 0 Å². The molecule has 156 valence electrons. The first-order valence-electron chi connectivity index (χ1n) is 9.24. The summed E-state index contributed by atoms with van der Waals surface area (Å²) in [4.78, 5) is 49.7. The van der Waals surface area contributed by atoms with Crippen LogP contribution in [0.2, 0.25) is 0 Å². The summed E-state index contributed by atoms with van der Waals surface area (Å²) in [5, 5.41) is 3.25. The number of carbonyl (C=O) groups is 4. The second-order valence-corrected chi connectivity index (χ2v) is 6.51. The molecule has 9 nitrogen and oxygen atoms in total. The Balaban J connectivity index is 1.66. The third kappa shape index (κ3) is 3.82. The Morgan fingerprint density at radius 2 is 1.73 bits per heavy atom. The Kier molecular flexibility index (Phi) is 6.01. The molecule has 0 aliphatic carbocycles. The number of hydrogen-bond acceptors (Lipinski definition) is 6. The first-order chi connectivity index (χ1) is 14.4. The van der Waals surface area contributed by atoms with Crippen LogP contribution in [-0.4, -0.2) is 42.5 Å². The summed E-state index contributed by atoms with van der Waals surface area (Å²) >= 11 is 0. The van der Waals surface area contributed by atoms with E-state index in [0.29, 0.717) is 16.3 Å². The quantitative estimate of drug-likeness (QED) is 0.530. The summed E-state index contributed by atoms with van der Waals surface area (Å²) in [7, 11) is 1.41. The molecule has 30 heavy (non-hydrogen) atoms. The van der Waals surface area contributed by atoms with Gasteiger partial charge in [0.05, 0.1) is 7.11 Å². The second-order valence-electron chi connectivity index (χ2n) is 6.51. The predicted molar refractivity (Wildman–Crippen MR) is 105 cm³/mol. The molecule has 1 heterocycles. The van der Waals surface area contributed by atoms with Crippen LogP contribution in [0.3, 0.4) is 0 Å². The van der Waals surface area contributed by atoms with E-state index in [-0.39, 0.29) is 12.0 Å². The summed E-state index contributed by atoms with van der Waals surface area (Å²) in [5.41, 5.74) is 1.67.